The first kappa shape index (κ1) is 21.0. The van der Waals surface area contributed by atoms with Crippen molar-refractivity contribution >= 4 is 43.7 Å². The molecule has 3 nitrogen and oxygen atoms in total. The predicted octanol–water partition coefficient (Wildman–Crippen LogP) is 9.41. The SMILES string of the molecule is c1cc(-c2cccc3c2oc2ccccc23)cc(-c2nc3ccccc3n2-c2ccc3ccccc3c2)c1. The summed E-state index contributed by atoms with van der Waals surface area (Å²) < 4.78 is 8.61. The van der Waals surface area contributed by atoms with Gasteiger partial charge in [0.1, 0.15) is 17.0 Å². The molecule has 3 heteroatoms. The van der Waals surface area contributed by atoms with Crippen LogP contribution in [0, 0.1) is 0 Å². The van der Waals surface area contributed by atoms with E-state index in [2.05, 4.69) is 120 Å². The van der Waals surface area contributed by atoms with E-state index in [9.17, 15) is 0 Å². The zero-order valence-electron chi connectivity index (χ0n) is 20.5. The molecule has 0 bridgehead atoms. The molecule has 0 amide bonds. The highest BCUT2D eigenvalue weighted by Gasteiger charge is 2.17. The average molecular weight is 487 g/mol. The summed E-state index contributed by atoms with van der Waals surface area (Å²) in [5.74, 6) is 0.917. The number of furan rings is 1. The van der Waals surface area contributed by atoms with E-state index in [0.29, 0.717) is 0 Å². The third-order valence-electron chi connectivity index (χ3n) is 7.39. The van der Waals surface area contributed by atoms with Gasteiger partial charge in [0.15, 0.2) is 0 Å². The van der Waals surface area contributed by atoms with E-state index in [-0.39, 0.29) is 0 Å². The Kier molecular flexibility index (Phi) is 4.52. The minimum absolute atomic E-state index is 0.907. The molecule has 0 aliphatic rings. The lowest BCUT2D eigenvalue weighted by atomic mass is 10.00. The minimum atomic E-state index is 0.907. The smallest absolute Gasteiger partial charge is 0.145 e. The van der Waals surface area contributed by atoms with E-state index in [0.717, 1.165) is 61.2 Å². The van der Waals surface area contributed by atoms with Crippen molar-refractivity contribution in [1.82, 2.24) is 9.55 Å². The maximum atomic E-state index is 6.34. The van der Waals surface area contributed by atoms with Crippen molar-refractivity contribution in [2.24, 2.45) is 0 Å². The highest BCUT2D eigenvalue weighted by molar-refractivity contribution is 6.09. The molecule has 2 heterocycles. The summed E-state index contributed by atoms with van der Waals surface area (Å²) in [5, 5.41) is 4.70. The van der Waals surface area contributed by atoms with E-state index in [1.165, 1.54) is 10.8 Å². The zero-order valence-corrected chi connectivity index (χ0v) is 20.5. The number of rotatable bonds is 3. The van der Waals surface area contributed by atoms with Crippen molar-refractivity contribution < 1.29 is 4.42 Å². The number of nitrogens with zero attached hydrogens (tertiary/aromatic N) is 2. The molecule has 0 saturated carbocycles. The molecule has 178 valence electrons. The van der Waals surface area contributed by atoms with Crippen LogP contribution in [0.4, 0.5) is 0 Å². The predicted molar refractivity (Wildman–Crippen MR) is 157 cm³/mol. The van der Waals surface area contributed by atoms with Crippen LogP contribution in [0.3, 0.4) is 0 Å². The first-order valence-corrected chi connectivity index (χ1v) is 12.8. The molecule has 8 rings (SSSR count). The van der Waals surface area contributed by atoms with E-state index in [4.69, 9.17) is 9.40 Å². The number of benzene rings is 6. The molecule has 0 spiro atoms. The number of imidazole rings is 1. The Labute approximate surface area is 219 Å². The molecule has 38 heavy (non-hydrogen) atoms. The van der Waals surface area contributed by atoms with Crippen molar-refractivity contribution in [3.63, 3.8) is 0 Å². The summed E-state index contributed by atoms with van der Waals surface area (Å²) in [7, 11) is 0. The van der Waals surface area contributed by atoms with Gasteiger partial charge in [-0.1, -0.05) is 97.1 Å². The second kappa shape index (κ2) is 8.19. The normalized spacial score (nSPS) is 11.7. The van der Waals surface area contributed by atoms with Gasteiger partial charge in [-0.25, -0.2) is 4.98 Å². The molecule has 8 aromatic rings. The third-order valence-corrected chi connectivity index (χ3v) is 7.39. The van der Waals surface area contributed by atoms with E-state index in [1.807, 2.05) is 18.2 Å². The summed E-state index contributed by atoms with van der Waals surface area (Å²) in [4.78, 5) is 5.11. The van der Waals surface area contributed by atoms with Crippen molar-refractivity contribution in [2.45, 2.75) is 0 Å². The number of para-hydroxylation sites is 4. The second-order valence-corrected chi connectivity index (χ2v) is 9.65. The Morgan fingerprint density at radius 3 is 2.29 bits per heavy atom. The van der Waals surface area contributed by atoms with Gasteiger partial charge in [-0.05, 0) is 52.7 Å². The van der Waals surface area contributed by atoms with Gasteiger partial charge in [-0.2, -0.15) is 0 Å². The fourth-order valence-electron chi connectivity index (χ4n) is 5.60. The van der Waals surface area contributed by atoms with Crippen molar-refractivity contribution in [3.8, 4) is 28.2 Å². The van der Waals surface area contributed by atoms with Gasteiger partial charge < -0.3 is 4.42 Å². The maximum Gasteiger partial charge on any atom is 0.145 e. The highest BCUT2D eigenvalue weighted by atomic mass is 16.3. The molecule has 0 aliphatic heterocycles. The second-order valence-electron chi connectivity index (χ2n) is 9.65. The first-order chi connectivity index (χ1) is 18.8. The van der Waals surface area contributed by atoms with Crippen LogP contribution in [-0.4, -0.2) is 9.55 Å². The first-order valence-electron chi connectivity index (χ1n) is 12.8. The lowest BCUT2D eigenvalue weighted by Crippen LogP contribution is -1.98. The molecule has 0 unspecified atom stereocenters. The Morgan fingerprint density at radius 1 is 0.553 bits per heavy atom. The molecular weight excluding hydrogens is 464 g/mol. The standard InChI is InChI=1S/C35H22N2O/c1-2-10-24-22-27(20-19-23(24)9-1)37-32-17-5-4-16-31(32)36-35(37)26-12-7-11-25(21-26)28-14-8-15-30-29-13-3-6-18-33(29)38-34(28)30/h1-22H. The van der Waals surface area contributed by atoms with Crippen molar-refractivity contribution in [1.29, 1.82) is 0 Å². The maximum absolute atomic E-state index is 6.34. The topological polar surface area (TPSA) is 31.0 Å². The molecule has 2 aromatic heterocycles. The van der Waals surface area contributed by atoms with Crippen molar-refractivity contribution in [3.05, 3.63) is 133 Å². The summed E-state index contributed by atoms with van der Waals surface area (Å²) in [6, 6.07) is 46.6. The molecule has 0 saturated heterocycles. The third kappa shape index (κ3) is 3.19. The average Bonchev–Trinajstić information content (AvgIpc) is 3.56. The van der Waals surface area contributed by atoms with Crippen LogP contribution in [0.25, 0.3) is 71.9 Å². The number of hydrogen-bond donors (Lipinski definition) is 0. The molecule has 0 aliphatic carbocycles. The van der Waals surface area contributed by atoms with E-state index < -0.39 is 0 Å². The van der Waals surface area contributed by atoms with Gasteiger partial charge in [0, 0.05) is 27.6 Å². The Hall–Kier alpha value is -5.15. The van der Waals surface area contributed by atoms with Gasteiger partial charge in [0.05, 0.1) is 11.0 Å². The number of hydrogen-bond acceptors (Lipinski definition) is 2. The lowest BCUT2D eigenvalue weighted by Gasteiger charge is -2.12. The quantitative estimate of drug-likeness (QED) is 0.249. The van der Waals surface area contributed by atoms with Gasteiger partial charge in [0.25, 0.3) is 0 Å². The fourth-order valence-corrected chi connectivity index (χ4v) is 5.60. The minimum Gasteiger partial charge on any atom is -0.455 e. The Balaban J connectivity index is 1.35. The van der Waals surface area contributed by atoms with Crippen molar-refractivity contribution in [2.75, 3.05) is 0 Å². The van der Waals surface area contributed by atoms with Gasteiger partial charge >= 0.3 is 0 Å². The fraction of sp³-hybridized carbons (Fsp3) is 0. The van der Waals surface area contributed by atoms with Gasteiger partial charge in [0.2, 0.25) is 0 Å². The largest absolute Gasteiger partial charge is 0.455 e. The Bertz CT molecular complexity index is 2150. The van der Waals surface area contributed by atoms with Gasteiger partial charge in [-0.3, -0.25) is 4.57 Å². The summed E-state index contributed by atoms with van der Waals surface area (Å²) in [6.45, 7) is 0. The highest BCUT2D eigenvalue weighted by Crippen LogP contribution is 2.37. The van der Waals surface area contributed by atoms with Gasteiger partial charge in [-0.15, -0.1) is 0 Å². The summed E-state index contributed by atoms with van der Waals surface area (Å²) in [5.41, 5.74) is 8.21. The summed E-state index contributed by atoms with van der Waals surface area (Å²) >= 11 is 0. The molecule has 0 fully saturated rings. The van der Waals surface area contributed by atoms with Crippen LogP contribution in [0.1, 0.15) is 0 Å². The number of aromatic nitrogens is 2. The van der Waals surface area contributed by atoms with Crippen LogP contribution in [0.5, 0.6) is 0 Å². The zero-order chi connectivity index (χ0) is 25.1. The Morgan fingerprint density at radius 2 is 1.32 bits per heavy atom. The molecule has 6 aromatic carbocycles. The summed E-state index contributed by atoms with van der Waals surface area (Å²) in [6.07, 6.45) is 0. The number of fused-ring (bicyclic) bond motifs is 5. The monoisotopic (exact) mass is 486 g/mol. The molecular formula is C35H22N2O. The van der Waals surface area contributed by atoms with E-state index in [1.54, 1.807) is 0 Å². The molecule has 0 N–H and O–H groups in total. The van der Waals surface area contributed by atoms with Crippen LogP contribution in [0.2, 0.25) is 0 Å². The van der Waals surface area contributed by atoms with Crippen LogP contribution >= 0.6 is 0 Å². The molecule has 0 atom stereocenters. The van der Waals surface area contributed by atoms with E-state index >= 15 is 0 Å². The molecule has 0 radical (unpaired) electrons. The lowest BCUT2D eigenvalue weighted by molar-refractivity contribution is 0.670. The van der Waals surface area contributed by atoms with Crippen LogP contribution in [-0.2, 0) is 0 Å². The van der Waals surface area contributed by atoms with Crippen LogP contribution in [0.15, 0.2) is 138 Å². The van der Waals surface area contributed by atoms with Crippen LogP contribution < -0.4 is 0 Å².